The van der Waals surface area contributed by atoms with Crippen LogP contribution in [0.1, 0.15) is 18.5 Å². The number of benzene rings is 1. The Morgan fingerprint density at radius 3 is 2.00 bits per heavy atom. The summed E-state index contributed by atoms with van der Waals surface area (Å²) in [5.74, 6) is -2.51. The topological polar surface area (TPSA) is 98.1 Å². The van der Waals surface area contributed by atoms with E-state index in [1.54, 1.807) is 0 Å². The van der Waals surface area contributed by atoms with Gasteiger partial charge in [-0.3, -0.25) is 4.90 Å². The van der Waals surface area contributed by atoms with Gasteiger partial charge in [-0.2, -0.15) is 0 Å². The fraction of sp³-hybridized carbons (Fsp3) is 0.333. The van der Waals surface area contributed by atoms with E-state index in [4.69, 9.17) is 10.2 Å². The summed E-state index contributed by atoms with van der Waals surface area (Å²) in [5, 5.41) is 24.8. The summed E-state index contributed by atoms with van der Waals surface area (Å²) >= 11 is 0. The second kappa shape index (κ2) is 8.18. The van der Waals surface area contributed by atoms with Crippen LogP contribution < -0.4 is 0 Å². The number of β-amino-alcohol motifs (C(OH)–C–C–N with tert-alkyl or cyclic N) is 1. The van der Waals surface area contributed by atoms with Gasteiger partial charge < -0.3 is 15.3 Å². The Labute approximate surface area is 122 Å². The maximum absolute atomic E-state index is 9.55. The minimum atomic E-state index is -1.26. The molecule has 0 radical (unpaired) electrons. The molecule has 6 heteroatoms. The van der Waals surface area contributed by atoms with Crippen molar-refractivity contribution in [2.24, 2.45) is 0 Å². The molecule has 6 nitrogen and oxygen atoms in total. The minimum absolute atomic E-state index is 0.105. The van der Waals surface area contributed by atoms with Gasteiger partial charge in [-0.1, -0.05) is 30.3 Å². The van der Waals surface area contributed by atoms with E-state index in [2.05, 4.69) is 36.1 Å². The number of carboxylic acids is 2. The quantitative estimate of drug-likeness (QED) is 0.720. The third-order valence-corrected chi connectivity index (χ3v) is 3.09. The molecular formula is C15H19NO5. The highest BCUT2D eigenvalue weighted by molar-refractivity contribution is 5.89. The van der Waals surface area contributed by atoms with Crippen LogP contribution in [0.3, 0.4) is 0 Å². The van der Waals surface area contributed by atoms with E-state index in [0.29, 0.717) is 18.2 Å². The van der Waals surface area contributed by atoms with Gasteiger partial charge in [0.2, 0.25) is 0 Å². The van der Waals surface area contributed by atoms with Crippen LogP contribution in [-0.4, -0.2) is 51.4 Å². The molecule has 114 valence electrons. The maximum atomic E-state index is 9.55. The third kappa shape index (κ3) is 6.20. The van der Waals surface area contributed by atoms with E-state index in [-0.39, 0.29) is 6.10 Å². The lowest BCUT2D eigenvalue weighted by atomic mass is 10.0. The summed E-state index contributed by atoms with van der Waals surface area (Å²) in [4.78, 5) is 21.4. The first-order valence-corrected chi connectivity index (χ1v) is 6.51. The lowest BCUT2D eigenvalue weighted by Crippen LogP contribution is -2.51. The predicted molar refractivity (Wildman–Crippen MR) is 76.8 cm³/mol. The predicted octanol–water partition coefficient (Wildman–Crippen LogP) is 1.14. The van der Waals surface area contributed by atoms with Crippen LogP contribution in [0, 0.1) is 0 Å². The van der Waals surface area contributed by atoms with Crippen LogP contribution in [0.15, 0.2) is 42.5 Å². The van der Waals surface area contributed by atoms with Crippen molar-refractivity contribution in [1.29, 1.82) is 0 Å². The number of aliphatic hydroxyl groups excluding tert-OH is 1. The van der Waals surface area contributed by atoms with Gasteiger partial charge >= 0.3 is 11.9 Å². The van der Waals surface area contributed by atoms with Crippen molar-refractivity contribution in [2.75, 3.05) is 13.1 Å². The van der Waals surface area contributed by atoms with Gasteiger partial charge in [0.1, 0.15) is 0 Å². The smallest absolute Gasteiger partial charge is 0.328 e. The summed E-state index contributed by atoms with van der Waals surface area (Å²) in [6.07, 6.45) is 1.01. The summed E-state index contributed by atoms with van der Waals surface area (Å²) in [6, 6.07) is 10.8. The van der Waals surface area contributed by atoms with E-state index in [0.717, 1.165) is 13.1 Å². The number of aliphatic carboxylic acids is 2. The number of likely N-dealkylation sites (tertiary alicyclic amines) is 1. The molecule has 1 unspecified atom stereocenters. The molecule has 0 aliphatic carbocycles. The molecule has 1 aliphatic heterocycles. The summed E-state index contributed by atoms with van der Waals surface area (Å²) in [7, 11) is 0. The SMILES string of the molecule is CC(c1ccccc1)N1CC(O)C1.O=C(O)/C=C\C(=O)O. The molecule has 0 aromatic heterocycles. The van der Waals surface area contributed by atoms with Crippen LogP contribution in [-0.2, 0) is 9.59 Å². The highest BCUT2D eigenvalue weighted by Crippen LogP contribution is 2.24. The highest BCUT2D eigenvalue weighted by atomic mass is 16.4. The summed E-state index contributed by atoms with van der Waals surface area (Å²) < 4.78 is 0. The summed E-state index contributed by atoms with van der Waals surface area (Å²) in [6.45, 7) is 3.81. The molecule has 1 heterocycles. The van der Waals surface area contributed by atoms with Crippen LogP contribution in [0.25, 0.3) is 0 Å². The van der Waals surface area contributed by atoms with Gasteiger partial charge in [-0.25, -0.2) is 9.59 Å². The molecule has 21 heavy (non-hydrogen) atoms. The van der Waals surface area contributed by atoms with Crippen molar-refractivity contribution >= 4 is 11.9 Å². The van der Waals surface area contributed by atoms with E-state index in [1.807, 2.05) is 6.07 Å². The van der Waals surface area contributed by atoms with Crippen molar-refractivity contribution in [3.05, 3.63) is 48.0 Å². The van der Waals surface area contributed by atoms with Crippen LogP contribution >= 0.6 is 0 Å². The first-order valence-electron chi connectivity index (χ1n) is 6.51. The first-order chi connectivity index (χ1) is 9.90. The number of hydrogen-bond donors (Lipinski definition) is 3. The Kier molecular flexibility index (Phi) is 6.58. The molecule has 0 spiro atoms. The van der Waals surface area contributed by atoms with Crippen molar-refractivity contribution in [2.45, 2.75) is 19.1 Å². The first kappa shape index (κ1) is 16.9. The molecule has 1 fully saturated rings. The average molecular weight is 293 g/mol. The fourth-order valence-corrected chi connectivity index (χ4v) is 1.89. The molecule has 0 saturated carbocycles. The molecule has 0 amide bonds. The van der Waals surface area contributed by atoms with Crippen LogP contribution in [0.2, 0.25) is 0 Å². The van der Waals surface area contributed by atoms with Crippen molar-refractivity contribution in [3.63, 3.8) is 0 Å². The zero-order valence-electron chi connectivity index (χ0n) is 11.7. The molecule has 1 atom stereocenters. The Balaban J connectivity index is 0.000000240. The molecule has 1 aliphatic rings. The van der Waals surface area contributed by atoms with E-state index >= 15 is 0 Å². The van der Waals surface area contributed by atoms with Crippen LogP contribution in [0.4, 0.5) is 0 Å². The molecular weight excluding hydrogens is 274 g/mol. The molecule has 0 bridgehead atoms. The number of carboxylic acid groups (broad SMARTS) is 2. The standard InChI is InChI=1S/C11H15NO.C4H4O4/c1-9(12-7-11(13)8-12)10-5-3-2-4-6-10;5-3(6)1-2-4(7)8/h2-6,9,11,13H,7-8H2,1H3;1-2H,(H,5,6)(H,7,8)/b;2-1-. The zero-order valence-corrected chi connectivity index (χ0v) is 11.7. The van der Waals surface area contributed by atoms with Gasteiger partial charge in [0, 0.05) is 31.3 Å². The molecule has 1 aromatic carbocycles. The molecule has 1 aromatic rings. The number of rotatable bonds is 4. The van der Waals surface area contributed by atoms with Gasteiger partial charge in [-0.05, 0) is 12.5 Å². The zero-order chi connectivity index (χ0) is 15.8. The Morgan fingerprint density at radius 2 is 1.62 bits per heavy atom. The van der Waals surface area contributed by atoms with E-state index < -0.39 is 11.9 Å². The lowest BCUT2D eigenvalue weighted by molar-refractivity contribution is -0.134. The normalized spacial score (nSPS) is 16.7. The molecule has 1 saturated heterocycles. The molecule has 3 N–H and O–H groups in total. The van der Waals surface area contributed by atoms with Gasteiger partial charge in [0.05, 0.1) is 6.10 Å². The number of hydrogen-bond acceptors (Lipinski definition) is 4. The Hall–Kier alpha value is -2.18. The summed E-state index contributed by atoms with van der Waals surface area (Å²) in [5.41, 5.74) is 1.33. The Bertz CT molecular complexity index is 478. The largest absolute Gasteiger partial charge is 0.478 e. The van der Waals surface area contributed by atoms with Crippen molar-refractivity contribution in [1.82, 2.24) is 4.90 Å². The van der Waals surface area contributed by atoms with E-state index in [9.17, 15) is 14.7 Å². The molecule has 2 rings (SSSR count). The minimum Gasteiger partial charge on any atom is -0.478 e. The lowest BCUT2D eigenvalue weighted by Gasteiger charge is -2.40. The average Bonchev–Trinajstić information content (AvgIpc) is 2.43. The van der Waals surface area contributed by atoms with Gasteiger partial charge in [-0.15, -0.1) is 0 Å². The number of carbonyl (C=O) groups is 2. The highest BCUT2D eigenvalue weighted by Gasteiger charge is 2.28. The van der Waals surface area contributed by atoms with E-state index in [1.165, 1.54) is 5.56 Å². The fourth-order valence-electron chi connectivity index (χ4n) is 1.89. The van der Waals surface area contributed by atoms with Gasteiger partial charge in [0.25, 0.3) is 0 Å². The monoisotopic (exact) mass is 293 g/mol. The number of aliphatic hydroxyl groups is 1. The number of nitrogens with zero attached hydrogens (tertiary/aromatic N) is 1. The Morgan fingerprint density at radius 1 is 1.14 bits per heavy atom. The van der Waals surface area contributed by atoms with Crippen molar-refractivity contribution in [3.8, 4) is 0 Å². The third-order valence-electron chi connectivity index (χ3n) is 3.09. The van der Waals surface area contributed by atoms with Crippen molar-refractivity contribution < 1.29 is 24.9 Å². The maximum Gasteiger partial charge on any atom is 0.328 e. The van der Waals surface area contributed by atoms with Gasteiger partial charge in [0.15, 0.2) is 0 Å². The second-order valence-corrected chi connectivity index (χ2v) is 4.70. The van der Waals surface area contributed by atoms with Crippen LogP contribution in [0.5, 0.6) is 0 Å². The second-order valence-electron chi connectivity index (χ2n) is 4.70.